The molecule has 2 amide bonds. The van der Waals surface area contributed by atoms with E-state index in [0.717, 1.165) is 79.5 Å². The molecule has 2 heterocycles. The molecule has 1 aliphatic heterocycles. The van der Waals surface area contributed by atoms with E-state index in [1.807, 2.05) is 46.2 Å². The first kappa shape index (κ1) is 28.7. The quantitative estimate of drug-likeness (QED) is 0.431. The molecule has 0 saturated heterocycles. The van der Waals surface area contributed by atoms with E-state index in [1.165, 1.54) is 0 Å². The Hall–Kier alpha value is -3.35. The summed E-state index contributed by atoms with van der Waals surface area (Å²) in [5.74, 6) is 0.586. The molecule has 0 N–H and O–H groups in total. The molecule has 7 nitrogen and oxygen atoms in total. The van der Waals surface area contributed by atoms with Gasteiger partial charge in [0.25, 0.3) is 0 Å². The fourth-order valence-electron chi connectivity index (χ4n) is 5.64. The van der Waals surface area contributed by atoms with Crippen molar-refractivity contribution in [3.05, 3.63) is 64.1 Å². The number of benzene rings is 2. The van der Waals surface area contributed by atoms with Crippen molar-refractivity contribution in [3.8, 4) is 0 Å². The number of hydrogen-bond acceptors (Lipinski definition) is 3. The van der Waals surface area contributed by atoms with Crippen molar-refractivity contribution < 1.29 is 9.59 Å². The second-order valence-corrected chi connectivity index (χ2v) is 11.4. The van der Waals surface area contributed by atoms with Gasteiger partial charge in [0, 0.05) is 52.3 Å². The van der Waals surface area contributed by atoms with Crippen molar-refractivity contribution in [1.29, 1.82) is 0 Å². The van der Waals surface area contributed by atoms with E-state index in [-0.39, 0.29) is 17.5 Å². The average molecular weight is 533 g/mol. The SMILES string of the molecule is CC(C)CC(=O)N1CCCCCCCCN(C(=O)CCc2ccc3c(c2)n(C)c(=O)n3C)Cc2ccccc21. The summed E-state index contributed by atoms with van der Waals surface area (Å²) < 4.78 is 3.30. The van der Waals surface area contributed by atoms with Crippen molar-refractivity contribution >= 4 is 28.5 Å². The minimum atomic E-state index is -0.0482. The molecule has 0 fully saturated rings. The predicted molar refractivity (Wildman–Crippen MR) is 158 cm³/mol. The standard InChI is InChI=1S/C32H44N4O3/c1-24(2)21-31(38)36-20-12-8-6-5-7-11-19-35(23-26-13-9-10-14-27(26)36)30(37)18-16-25-15-17-28-29(22-25)34(4)32(39)33(28)3/h9-10,13-15,17,22,24H,5-8,11-12,16,18-21,23H2,1-4H3. The highest BCUT2D eigenvalue weighted by molar-refractivity contribution is 5.94. The maximum absolute atomic E-state index is 13.6. The van der Waals surface area contributed by atoms with Gasteiger partial charge in [-0.15, -0.1) is 0 Å². The minimum absolute atomic E-state index is 0.0482. The first-order valence-electron chi connectivity index (χ1n) is 14.6. The topological polar surface area (TPSA) is 67.6 Å². The lowest BCUT2D eigenvalue weighted by atomic mass is 10.1. The lowest BCUT2D eigenvalue weighted by Gasteiger charge is -2.29. The summed E-state index contributed by atoms with van der Waals surface area (Å²) in [6.45, 7) is 6.12. The smallest absolute Gasteiger partial charge is 0.328 e. The number of fused-ring (bicyclic) bond motifs is 2. The zero-order valence-electron chi connectivity index (χ0n) is 24.1. The number of amides is 2. The van der Waals surface area contributed by atoms with Gasteiger partial charge in [0.15, 0.2) is 0 Å². The number of anilines is 1. The average Bonchev–Trinajstić information content (AvgIpc) is 3.14. The van der Waals surface area contributed by atoms with Crippen molar-refractivity contribution in [3.63, 3.8) is 0 Å². The van der Waals surface area contributed by atoms with E-state index in [0.29, 0.717) is 31.7 Å². The molecule has 0 aliphatic carbocycles. The summed E-state index contributed by atoms with van der Waals surface area (Å²) in [6, 6.07) is 14.1. The van der Waals surface area contributed by atoms with Gasteiger partial charge >= 0.3 is 5.69 Å². The minimum Gasteiger partial charge on any atom is -0.338 e. The number of aryl methyl sites for hydroxylation is 3. The molecule has 0 radical (unpaired) electrons. The Balaban J connectivity index is 1.55. The zero-order chi connectivity index (χ0) is 27.9. The molecule has 4 rings (SSSR count). The third kappa shape index (κ3) is 7.00. The highest BCUT2D eigenvalue weighted by atomic mass is 16.2. The summed E-state index contributed by atoms with van der Waals surface area (Å²) in [5.41, 5.74) is 4.75. The Morgan fingerprint density at radius 2 is 1.49 bits per heavy atom. The number of nitrogens with zero attached hydrogens (tertiary/aromatic N) is 4. The largest absolute Gasteiger partial charge is 0.338 e. The molecule has 3 aromatic rings. The third-order valence-corrected chi connectivity index (χ3v) is 7.90. The molecule has 0 unspecified atom stereocenters. The van der Waals surface area contributed by atoms with Crippen molar-refractivity contribution in [1.82, 2.24) is 14.0 Å². The number of hydrogen-bond donors (Lipinski definition) is 0. The molecule has 210 valence electrons. The number of rotatable bonds is 5. The van der Waals surface area contributed by atoms with Gasteiger partial charge in [0.1, 0.15) is 0 Å². The van der Waals surface area contributed by atoms with Gasteiger partial charge < -0.3 is 9.80 Å². The van der Waals surface area contributed by atoms with E-state index < -0.39 is 0 Å². The lowest BCUT2D eigenvalue weighted by Crippen LogP contribution is -2.35. The van der Waals surface area contributed by atoms with Crippen LogP contribution in [0.25, 0.3) is 11.0 Å². The second-order valence-electron chi connectivity index (χ2n) is 11.4. The van der Waals surface area contributed by atoms with E-state index in [9.17, 15) is 14.4 Å². The van der Waals surface area contributed by atoms with E-state index in [4.69, 9.17) is 0 Å². The maximum Gasteiger partial charge on any atom is 0.328 e. The molecule has 39 heavy (non-hydrogen) atoms. The summed E-state index contributed by atoms with van der Waals surface area (Å²) in [4.78, 5) is 43.2. The molecule has 0 bridgehead atoms. The summed E-state index contributed by atoms with van der Waals surface area (Å²) in [6.07, 6.45) is 8.08. The van der Waals surface area contributed by atoms with Crippen LogP contribution in [0.1, 0.15) is 76.3 Å². The van der Waals surface area contributed by atoms with Crippen LogP contribution in [0, 0.1) is 5.92 Å². The van der Waals surface area contributed by atoms with Gasteiger partial charge in [-0.1, -0.05) is 63.8 Å². The Labute approximate surface area is 232 Å². The molecule has 1 aliphatic rings. The van der Waals surface area contributed by atoms with Gasteiger partial charge in [-0.05, 0) is 54.5 Å². The number of para-hydroxylation sites is 1. The fourth-order valence-corrected chi connectivity index (χ4v) is 5.64. The van der Waals surface area contributed by atoms with Crippen LogP contribution in [0.15, 0.2) is 47.3 Å². The van der Waals surface area contributed by atoms with Crippen LogP contribution in [0.2, 0.25) is 0 Å². The van der Waals surface area contributed by atoms with Crippen LogP contribution in [-0.4, -0.2) is 38.9 Å². The lowest BCUT2D eigenvalue weighted by molar-refractivity contribution is -0.131. The van der Waals surface area contributed by atoms with Crippen molar-refractivity contribution in [2.24, 2.45) is 20.0 Å². The highest BCUT2D eigenvalue weighted by Crippen LogP contribution is 2.26. The first-order chi connectivity index (χ1) is 18.8. The molecule has 2 aromatic carbocycles. The van der Waals surface area contributed by atoms with Crippen LogP contribution in [0.3, 0.4) is 0 Å². The molecule has 0 spiro atoms. The van der Waals surface area contributed by atoms with Crippen LogP contribution in [-0.2, 0) is 36.6 Å². The zero-order valence-corrected chi connectivity index (χ0v) is 24.1. The second kappa shape index (κ2) is 13.1. The molecule has 1 aromatic heterocycles. The molecular weight excluding hydrogens is 488 g/mol. The van der Waals surface area contributed by atoms with Gasteiger partial charge in [0.2, 0.25) is 11.8 Å². The van der Waals surface area contributed by atoms with Gasteiger partial charge in [0.05, 0.1) is 11.0 Å². The van der Waals surface area contributed by atoms with Crippen LogP contribution < -0.4 is 10.6 Å². The Kier molecular flexibility index (Phi) is 9.65. The summed E-state index contributed by atoms with van der Waals surface area (Å²) >= 11 is 0. The monoisotopic (exact) mass is 532 g/mol. The van der Waals surface area contributed by atoms with Gasteiger partial charge in [-0.2, -0.15) is 0 Å². The maximum atomic E-state index is 13.6. The predicted octanol–water partition coefficient (Wildman–Crippen LogP) is 5.57. The normalized spacial score (nSPS) is 15.5. The number of aromatic nitrogens is 2. The van der Waals surface area contributed by atoms with Crippen LogP contribution in [0.4, 0.5) is 5.69 Å². The third-order valence-electron chi connectivity index (χ3n) is 7.90. The van der Waals surface area contributed by atoms with Crippen LogP contribution >= 0.6 is 0 Å². The fraction of sp³-hybridized carbons (Fsp3) is 0.531. The van der Waals surface area contributed by atoms with E-state index in [1.54, 1.807) is 23.2 Å². The van der Waals surface area contributed by atoms with E-state index in [2.05, 4.69) is 19.9 Å². The molecule has 0 atom stereocenters. The summed E-state index contributed by atoms with van der Waals surface area (Å²) in [5, 5.41) is 0. The first-order valence-corrected chi connectivity index (χ1v) is 14.6. The Bertz CT molecular complexity index is 1350. The molecular formula is C32H44N4O3. The van der Waals surface area contributed by atoms with Crippen LogP contribution in [0.5, 0.6) is 0 Å². The van der Waals surface area contributed by atoms with Crippen molar-refractivity contribution in [2.45, 2.75) is 78.2 Å². The van der Waals surface area contributed by atoms with Gasteiger partial charge in [-0.25, -0.2) is 4.79 Å². The van der Waals surface area contributed by atoms with Gasteiger partial charge in [-0.3, -0.25) is 18.7 Å². The Morgan fingerprint density at radius 1 is 0.821 bits per heavy atom. The van der Waals surface area contributed by atoms with E-state index >= 15 is 0 Å². The van der Waals surface area contributed by atoms with Crippen molar-refractivity contribution in [2.75, 3.05) is 18.0 Å². The highest BCUT2D eigenvalue weighted by Gasteiger charge is 2.22. The Morgan fingerprint density at radius 3 is 2.23 bits per heavy atom. The molecule has 7 heteroatoms. The number of carbonyl (C=O) groups is 2. The summed E-state index contributed by atoms with van der Waals surface area (Å²) in [7, 11) is 3.56. The number of imidazole rings is 1. The number of carbonyl (C=O) groups excluding carboxylic acids is 2. The molecule has 0 saturated carbocycles.